The molecule has 0 fully saturated rings. The van der Waals surface area contributed by atoms with Crippen LogP contribution in [0, 0.1) is 0 Å². The molecule has 0 aliphatic carbocycles. The molecule has 3 heteroatoms. The van der Waals surface area contributed by atoms with E-state index in [1.54, 1.807) is 7.11 Å². The van der Waals surface area contributed by atoms with Crippen molar-refractivity contribution in [2.45, 2.75) is 13.0 Å². The van der Waals surface area contributed by atoms with Crippen molar-refractivity contribution in [1.82, 2.24) is 4.90 Å². The van der Waals surface area contributed by atoms with E-state index in [0.717, 1.165) is 31.0 Å². The summed E-state index contributed by atoms with van der Waals surface area (Å²) in [5.41, 5.74) is 2.56. The van der Waals surface area contributed by atoms with Crippen LogP contribution in [-0.4, -0.2) is 25.3 Å². The zero-order valence-electron chi connectivity index (χ0n) is 11.7. The Morgan fingerprint density at radius 2 is 1.95 bits per heavy atom. The van der Waals surface area contributed by atoms with Gasteiger partial charge in [0.2, 0.25) is 0 Å². The van der Waals surface area contributed by atoms with Gasteiger partial charge in [-0.15, -0.1) is 0 Å². The summed E-state index contributed by atoms with van der Waals surface area (Å²) in [5, 5.41) is 0. The predicted molar refractivity (Wildman–Crippen MR) is 79.0 cm³/mol. The van der Waals surface area contributed by atoms with Crippen LogP contribution in [0.1, 0.15) is 11.1 Å². The molecule has 0 saturated carbocycles. The second kappa shape index (κ2) is 5.97. The maximum Gasteiger partial charge on any atom is 0.167 e. The standard InChI is InChI=1S/C17H19NO2/c1-19-16-9-5-8-15-12-18(13-20-17(15)16)11-10-14-6-3-2-4-7-14/h2-9H,10-13H2,1H3. The van der Waals surface area contributed by atoms with E-state index >= 15 is 0 Å². The molecule has 0 radical (unpaired) electrons. The Labute approximate surface area is 119 Å². The lowest BCUT2D eigenvalue weighted by atomic mass is 10.1. The van der Waals surface area contributed by atoms with Gasteiger partial charge in [-0.2, -0.15) is 0 Å². The van der Waals surface area contributed by atoms with Gasteiger partial charge in [0.25, 0.3) is 0 Å². The summed E-state index contributed by atoms with van der Waals surface area (Å²) in [6, 6.07) is 16.6. The van der Waals surface area contributed by atoms with Crippen LogP contribution in [-0.2, 0) is 13.0 Å². The molecule has 0 N–H and O–H groups in total. The van der Waals surface area contributed by atoms with Crippen molar-refractivity contribution in [3.8, 4) is 11.5 Å². The highest BCUT2D eigenvalue weighted by atomic mass is 16.5. The van der Waals surface area contributed by atoms with Gasteiger partial charge >= 0.3 is 0 Å². The monoisotopic (exact) mass is 269 g/mol. The summed E-state index contributed by atoms with van der Waals surface area (Å²) in [6.45, 7) is 2.54. The Bertz CT molecular complexity index is 568. The molecular weight excluding hydrogens is 250 g/mol. The minimum absolute atomic E-state index is 0.625. The third-order valence-corrected chi connectivity index (χ3v) is 3.63. The molecule has 2 aromatic rings. The molecule has 0 unspecified atom stereocenters. The molecule has 0 saturated heterocycles. The number of para-hydroxylation sites is 1. The largest absolute Gasteiger partial charge is 0.493 e. The SMILES string of the molecule is COc1cccc2c1OCN(CCc1ccccc1)C2. The molecule has 1 aliphatic heterocycles. The van der Waals surface area contributed by atoms with Crippen molar-refractivity contribution in [2.75, 3.05) is 20.4 Å². The molecule has 20 heavy (non-hydrogen) atoms. The van der Waals surface area contributed by atoms with Crippen molar-refractivity contribution in [1.29, 1.82) is 0 Å². The second-order valence-electron chi connectivity index (χ2n) is 5.01. The van der Waals surface area contributed by atoms with Gasteiger partial charge < -0.3 is 9.47 Å². The number of ether oxygens (including phenoxy) is 2. The topological polar surface area (TPSA) is 21.7 Å². The molecule has 0 aromatic heterocycles. The quantitative estimate of drug-likeness (QED) is 0.851. The van der Waals surface area contributed by atoms with Crippen molar-refractivity contribution in [2.24, 2.45) is 0 Å². The Hall–Kier alpha value is -2.00. The first-order chi connectivity index (χ1) is 9.86. The van der Waals surface area contributed by atoms with Gasteiger partial charge in [-0.05, 0) is 18.1 Å². The van der Waals surface area contributed by atoms with Gasteiger partial charge in [-0.1, -0.05) is 42.5 Å². The number of benzene rings is 2. The average molecular weight is 269 g/mol. The maximum absolute atomic E-state index is 5.85. The molecule has 0 spiro atoms. The van der Waals surface area contributed by atoms with E-state index in [0.29, 0.717) is 6.73 Å². The number of methoxy groups -OCH3 is 1. The van der Waals surface area contributed by atoms with E-state index in [1.807, 2.05) is 12.1 Å². The first-order valence-electron chi connectivity index (χ1n) is 6.92. The fraction of sp³-hybridized carbons (Fsp3) is 0.294. The maximum atomic E-state index is 5.85. The number of hydrogen-bond donors (Lipinski definition) is 0. The van der Waals surface area contributed by atoms with E-state index in [-0.39, 0.29) is 0 Å². The highest BCUT2D eigenvalue weighted by Gasteiger charge is 2.19. The van der Waals surface area contributed by atoms with Gasteiger partial charge in [-0.3, -0.25) is 4.90 Å². The Morgan fingerprint density at radius 1 is 1.10 bits per heavy atom. The number of hydrogen-bond acceptors (Lipinski definition) is 3. The van der Waals surface area contributed by atoms with Gasteiger partial charge in [0, 0.05) is 18.7 Å². The van der Waals surface area contributed by atoms with Crippen molar-refractivity contribution in [3.63, 3.8) is 0 Å². The highest BCUT2D eigenvalue weighted by Crippen LogP contribution is 2.34. The normalized spacial score (nSPS) is 14.4. The van der Waals surface area contributed by atoms with Gasteiger partial charge in [0.15, 0.2) is 11.5 Å². The van der Waals surface area contributed by atoms with Crippen LogP contribution in [0.4, 0.5) is 0 Å². The van der Waals surface area contributed by atoms with Crippen LogP contribution >= 0.6 is 0 Å². The summed E-state index contributed by atoms with van der Waals surface area (Å²) in [7, 11) is 1.68. The van der Waals surface area contributed by atoms with Crippen LogP contribution in [0.25, 0.3) is 0 Å². The number of fused-ring (bicyclic) bond motifs is 1. The van der Waals surface area contributed by atoms with Crippen LogP contribution in [0.3, 0.4) is 0 Å². The van der Waals surface area contributed by atoms with Crippen LogP contribution in [0.15, 0.2) is 48.5 Å². The lowest BCUT2D eigenvalue weighted by Gasteiger charge is -2.29. The van der Waals surface area contributed by atoms with Crippen LogP contribution in [0.2, 0.25) is 0 Å². The zero-order valence-corrected chi connectivity index (χ0v) is 11.7. The van der Waals surface area contributed by atoms with E-state index < -0.39 is 0 Å². The molecule has 0 atom stereocenters. The van der Waals surface area contributed by atoms with Crippen molar-refractivity contribution in [3.05, 3.63) is 59.7 Å². The smallest absolute Gasteiger partial charge is 0.167 e. The van der Waals surface area contributed by atoms with E-state index in [9.17, 15) is 0 Å². The molecule has 3 nitrogen and oxygen atoms in total. The molecule has 0 bridgehead atoms. The molecule has 2 aromatic carbocycles. The lowest BCUT2D eigenvalue weighted by Crippen LogP contribution is -2.33. The summed E-state index contributed by atoms with van der Waals surface area (Å²) < 4.78 is 11.2. The first kappa shape index (κ1) is 13.0. The van der Waals surface area contributed by atoms with E-state index in [2.05, 4.69) is 41.3 Å². The first-order valence-corrected chi connectivity index (χ1v) is 6.92. The van der Waals surface area contributed by atoms with E-state index in [4.69, 9.17) is 9.47 Å². The van der Waals surface area contributed by atoms with E-state index in [1.165, 1.54) is 11.1 Å². The molecule has 1 heterocycles. The summed E-state index contributed by atoms with van der Waals surface area (Å²) in [6.07, 6.45) is 1.05. The minimum atomic E-state index is 0.625. The summed E-state index contributed by atoms with van der Waals surface area (Å²) >= 11 is 0. The zero-order chi connectivity index (χ0) is 13.8. The minimum Gasteiger partial charge on any atom is -0.493 e. The lowest BCUT2D eigenvalue weighted by molar-refractivity contribution is 0.0930. The number of rotatable bonds is 4. The molecular formula is C17H19NO2. The fourth-order valence-electron chi connectivity index (χ4n) is 2.53. The highest BCUT2D eigenvalue weighted by molar-refractivity contribution is 5.47. The average Bonchev–Trinajstić information content (AvgIpc) is 2.53. The van der Waals surface area contributed by atoms with Gasteiger partial charge in [0.05, 0.1) is 7.11 Å². The Morgan fingerprint density at radius 3 is 2.75 bits per heavy atom. The Kier molecular flexibility index (Phi) is 3.88. The molecule has 3 rings (SSSR count). The fourth-order valence-corrected chi connectivity index (χ4v) is 2.53. The third-order valence-electron chi connectivity index (χ3n) is 3.63. The molecule has 1 aliphatic rings. The molecule has 0 amide bonds. The second-order valence-corrected chi connectivity index (χ2v) is 5.01. The summed E-state index contributed by atoms with van der Waals surface area (Å²) in [5.74, 6) is 1.72. The predicted octanol–water partition coefficient (Wildman–Crippen LogP) is 3.09. The van der Waals surface area contributed by atoms with Gasteiger partial charge in [0.1, 0.15) is 6.73 Å². The Balaban J connectivity index is 1.64. The van der Waals surface area contributed by atoms with Crippen LogP contribution < -0.4 is 9.47 Å². The van der Waals surface area contributed by atoms with Crippen LogP contribution in [0.5, 0.6) is 11.5 Å². The third kappa shape index (κ3) is 2.78. The van der Waals surface area contributed by atoms with Crippen molar-refractivity contribution < 1.29 is 9.47 Å². The molecule has 104 valence electrons. The van der Waals surface area contributed by atoms with Crippen molar-refractivity contribution >= 4 is 0 Å². The number of nitrogens with zero attached hydrogens (tertiary/aromatic N) is 1. The van der Waals surface area contributed by atoms with Gasteiger partial charge in [-0.25, -0.2) is 0 Å². The summed E-state index contributed by atoms with van der Waals surface area (Å²) in [4.78, 5) is 2.31.